The van der Waals surface area contributed by atoms with Crippen molar-refractivity contribution in [1.82, 2.24) is 4.90 Å². The highest BCUT2D eigenvalue weighted by Crippen LogP contribution is 2.31. The molecule has 17 heavy (non-hydrogen) atoms. The van der Waals surface area contributed by atoms with Crippen molar-refractivity contribution in [2.24, 2.45) is 0 Å². The minimum absolute atomic E-state index is 0.0246. The van der Waals surface area contributed by atoms with Crippen LogP contribution in [0.4, 0.5) is 0 Å². The highest BCUT2D eigenvalue weighted by Gasteiger charge is 2.36. The summed E-state index contributed by atoms with van der Waals surface area (Å²) < 4.78 is 4.70. The maximum Gasteiger partial charge on any atom is 0.337 e. The number of fused-ring (bicyclic) bond motifs is 1. The molecule has 4 nitrogen and oxygen atoms in total. The van der Waals surface area contributed by atoms with Crippen LogP contribution in [0.25, 0.3) is 0 Å². The highest BCUT2D eigenvalue weighted by atomic mass is 16.5. The summed E-state index contributed by atoms with van der Waals surface area (Å²) in [4.78, 5) is 25.1. The Labute approximate surface area is 101 Å². The molecule has 0 unspecified atom stereocenters. The Hall–Kier alpha value is -1.58. The van der Waals surface area contributed by atoms with Gasteiger partial charge in [-0.25, -0.2) is 4.79 Å². The van der Waals surface area contributed by atoms with E-state index in [1.165, 1.54) is 7.11 Å². The molecule has 0 N–H and O–H groups in total. The maximum atomic E-state index is 11.7. The average molecular weight is 235 g/mol. The molecule has 2 aliphatic rings. The van der Waals surface area contributed by atoms with Crippen molar-refractivity contribution in [3.8, 4) is 0 Å². The summed E-state index contributed by atoms with van der Waals surface area (Å²) in [6, 6.07) is 0.0246. The first-order valence-electron chi connectivity index (χ1n) is 5.92. The Bertz CT molecular complexity index is 397. The van der Waals surface area contributed by atoms with E-state index in [9.17, 15) is 9.59 Å². The van der Waals surface area contributed by atoms with Crippen LogP contribution in [0.15, 0.2) is 23.8 Å². The Morgan fingerprint density at radius 1 is 1.59 bits per heavy atom. The zero-order valence-corrected chi connectivity index (χ0v) is 10.1. The molecule has 4 heteroatoms. The van der Waals surface area contributed by atoms with E-state index in [0.717, 1.165) is 31.4 Å². The van der Waals surface area contributed by atoms with Crippen LogP contribution >= 0.6 is 0 Å². The standard InChI is InChI=1S/C13H17NO3/c1-9(13(16)17-2)10-5-3-4-8-14-11(10)6-7-12(14)15/h5,11H,1,3-4,6-8H2,2H3/t11-/m0/s1. The summed E-state index contributed by atoms with van der Waals surface area (Å²) in [6.45, 7) is 4.57. The van der Waals surface area contributed by atoms with Gasteiger partial charge in [0.15, 0.2) is 0 Å². The van der Waals surface area contributed by atoms with Crippen molar-refractivity contribution in [2.45, 2.75) is 31.7 Å². The van der Waals surface area contributed by atoms with Crippen LogP contribution < -0.4 is 0 Å². The van der Waals surface area contributed by atoms with Gasteiger partial charge in [0.2, 0.25) is 5.91 Å². The minimum atomic E-state index is -0.405. The van der Waals surface area contributed by atoms with Crippen molar-refractivity contribution < 1.29 is 14.3 Å². The summed E-state index contributed by atoms with van der Waals surface area (Å²) >= 11 is 0. The van der Waals surface area contributed by atoms with Crippen molar-refractivity contribution in [3.63, 3.8) is 0 Å². The van der Waals surface area contributed by atoms with Gasteiger partial charge in [0.1, 0.15) is 0 Å². The number of hydrogen-bond acceptors (Lipinski definition) is 3. The molecule has 2 rings (SSSR count). The molecule has 0 bridgehead atoms. The third kappa shape index (κ3) is 2.12. The van der Waals surface area contributed by atoms with Crippen molar-refractivity contribution in [3.05, 3.63) is 23.8 Å². The molecule has 0 radical (unpaired) electrons. The fourth-order valence-corrected chi connectivity index (χ4v) is 2.56. The van der Waals surface area contributed by atoms with Gasteiger partial charge in [0, 0.05) is 13.0 Å². The minimum Gasteiger partial charge on any atom is -0.465 e. The molecule has 1 fully saturated rings. The Morgan fingerprint density at radius 3 is 3.06 bits per heavy atom. The summed E-state index contributed by atoms with van der Waals surface area (Å²) in [7, 11) is 1.35. The van der Waals surface area contributed by atoms with Gasteiger partial charge in [-0.1, -0.05) is 12.7 Å². The molecule has 2 heterocycles. The van der Waals surface area contributed by atoms with E-state index in [4.69, 9.17) is 4.74 Å². The topological polar surface area (TPSA) is 46.6 Å². The fraction of sp³-hybridized carbons (Fsp3) is 0.538. The quantitative estimate of drug-likeness (QED) is 0.537. The number of hydrogen-bond donors (Lipinski definition) is 0. The van der Waals surface area contributed by atoms with Gasteiger partial charge in [-0.15, -0.1) is 0 Å². The van der Waals surface area contributed by atoms with Crippen LogP contribution in [0.2, 0.25) is 0 Å². The van der Waals surface area contributed by atoms with E-state index in [1.54, 1.807) is 0 Å². The smallest absolute Gasteiger partial charge is 0.337 e. The third-order valence-corrected chi connectivity index (χ3v) is 3.43. The van der Waals surface area contributed by atoms with Crippen LogP contribution in [-0.4, -0.2) is 36.5 Å². The van der Waals surface area contributed by atoms with Gasteiger partial charge >= 0.3 is 5.97 Å². The highest BCUT2D eigenvalue weighted by molar-refractivity contribution is 5.93. The molecule has 92 valence electrons. The first-order valence-corrected chi connectivity index (χ1v) is 5.92. The molecule has 0 saturated carbocycles. The Balaban J connectivity index is 2.25. The van der Waals surface area contributed by atoms with E-state index in [2.05, 4.69) is 6.58 Å². The Morgan fingerprint density at radius 2 is 2.35 bits per heavy atom. The number of rotatable bonds is 2. The maximum absolute atomic E-state index is 11.7. The molecule has 2 aliphatic heterocycles. The first-order chi connectivity index (χ1) is 8.15. The van der Waals surface area contributed by atoms with E-state index in [1.807, 2.05) is 11.0 Å². The average Bonchev–Trinajstić information content (AvgIpc) is 2.59. The summed E-state index contributed by atoms with van der Waals surface area (Å²) in [6.07, 6.45) is 5.20. The first kappa shape index (κ1) is 11.9. The van der Waals surface area contributed by atoms with Crippen LogP contribution in [0.5, 0.6) is 0 Å². The van der Waals surface area contributed by atoms with Crippen LogP contribution in [0, 0.1) is 0 Å². The predicted octanol–water partition coefficient (Wildman–Crippen LogP) is 1.43. The second-order valence-corrected chi connectivity index (χ2v) is 4.41. The second kappa shape index (κ2) is 4.73. The molecule has 0 aromatic rings. The number of amides is 1. The van der Waals surface area contributed by atoms with Crippen molar-refractivity contribution in [2.75, 3.05) is 13.7 Å². The number of esters is 1. The van der Waals surface area contributed by atoms with E-state index >= 15 is 0 Å². The second-order valence-electron chi connectivity index (χ2n) is 4.41. The lowest BCUT2D eigenvalue weighted by Gasteiger charge is -2.25. The Kier molecular flexibility index (Phi) is 3.31. The predicted molar refractivity (Wildman–Crippen MR) is 63.2 cm³/mol. The number of allylic oxidation sites excluding steroid dienone is 1. The molecule has 0 spiro atoms. The van der Waals surface area contributed by atoms with E-state index in [0.29, 0.717) is 12.0 Å². The molecular formula is C13H17NO3. The van der Waals surface area contributed by atoms with Gasteiger partial charge in [-0.3, -0.25) is 4.79 Å². The number of methoxy groups -OCH3 is 1. The molecule has 1 atom stereocenters. The van der Waals surface area contributed by atoms with Gasteiger partial charge < -0.3 is 9.64 Å². The van der Waals surface area contributed by atoms with Gasteiger partial charge in [0.05, 0.1) is 18.7 Å². The summed E-state index contributed by atoms with van der Waals surface area (Å²) in [5.41, 5.74) is 1.26. The van der Waals surface area contributed by atoms with Gasteiger partial charge in [0.25, 0.3) is 0 Å². The molecule has 1 amide bonds. The third-order valence-electron chi connectivity index (χ3n) is 3.43. The van der Waals surface area contributed by atoms with Crippen molar-refractivity contribution >= 4 is 11.9 Å². The molecular weight excluding hydrogens is 218 g/mol. The molecule has 0 aromatic carbocycles. The SMILES string of the molecule is C=C(C(=O)OC)C1=CCCCN2C(=O)CC[C@@H]12. The van der Waals surface area contributed by atoms with Crippen LogP contribution in [-0.2, 0) is 14.3 Å². The monoisotopic (exact) mass is 235 g/mol. The zero-order valence-electron chi connectivity index (χ0n) is 10.1. The summed E-state index contributed by atoms with van der Waals surface area (Å²) in [5.74, 6) is -0.224. The molecule has 0 aromatic heterocycles. The number of carbonyl (C=O) groups excluding carboxylic acids is 2. The van der Waals surface area contributed by atoms with E-state index < -0.39 is 5.97 Å². The molecule has 0 aliphatic carbocycles. The largest absolute Gasteiger partial charge is 0.465 e. The van der Waals surface area contributed by atoms with E-state index in [-0.39, 0.29) is 11.9 Å². The zero-order chi connectivity index (χ0) is 12.4. The fourth-order valence-electron chi connectivity index (χ4n) is 2.56. The lowest BCUT2D eigenvalue weighted by molar-refractivity contribution is -0.136. The van der Waals surface area contributed by atoms with Crippen LogP contribution in [0.1, 0.15) is 25.7 Å². The normalized spacial score (nSPS) is 23.8. The molecule has 1 saturated heterocycles. The van der Waals surface area contributed by atoms with Crippen molar-refractivity contribution in [1.29, 1.82) is 0 Å². The van der Waals surface area contributed by atoms with Gasteiger partial charge in [-0.2, -0.15) is 0 Å². The van der Waals surface area contributed by atoms with Gasteiger partial charge in [-0.05, 0) is 24.8 Å². The van der Waals surface area contributed by atoms with Crippen LogP contribution in [0.3, 0.4) is 0 Å². The number of nitrogens with zero attached hydrogens (tertiary/aromatic N) is 1. The lowest BCUT2D eigenvalue weighted by Crippen LogP contribution is -2.35. The number of carbonyl (C=O) groups is 2. The number of ether oxygens (including phenoxy) is 1. The summed E-state index contributed by atoms with van der Waals surface area (Å²) in [5, 5.41) is 0. The lowest BCUT2D eigenvalue weighted by atomic mass is 9.97.